The molecule has 0 atom stereocenters. The lowest BCUT2D eigenvalue weighted by Crippen LogP contribution is -2.29. The van der Waals surface area contributed by atoms with Crippen LogP contribution in [0.2, 0.25) is 0 Å². The Morgan fingerprint density at radius 2 is 2.00 bits per heavy atom. The molecule has 0 radical (unpaired) electrons. The molecule has 0 aliphatic carbocycles. The second-order valence-electron chi connectivity index (χ2n) is 3.45. The number of hydrogen-bond donors (Lipinski definition) is 1. The molecular formula is C12H17NO2. The monoisotopic (exact) mass is 207 g/mol. The average Bonchev–Trinajstić information content (AvgIpc) is 2.25. The maximum atomic E-state index is 11.2. The maximum absolute atomic E-state index is 11.2. The van der Waals surface area contributed by atoms with Crippen molar-refractivity contribution < 1.29 is 9.53 Å². The second kappa shape index (κ2) is 6.06. The summed E-state index contributed by atoms with van der Waals surface area (Å²) in [6, 6.07) is 7.64. The van der Waals surface area contributed by atoms with Gasteiger partial charge in [0.15, 0.2) is 6.61 Å². The Kier molecular flexibility index (Phi) is 4.68. The normalized spacial score (nSPS) is 9.73. The van der Waals surface area contributed by atoms with Crippen molar-refractivity contribution in [3.63, 3.8) is 0 Å². The molecule has 3 nitrogen and oxygen atoms in total. The van der Waals surface area contributed by atoms with Crippen LogP contribution in [0.25, 0.3) is 0 Å². The predicted octanol–water partition coefficient (Wildman–Crippen LogP) is 1.90. The predicted molar refractivity (Wildman–Crippen MR) is 60.0 cm³/mol. The van der Waals surface area contributed by atoms with Crippen LogP contribution in [0.1, 0.15) is 18.9 Å². The van der Waals surface area contributed by atoms with Crippen molar-refractivity contribution in [2.45, 2.75) is 20.3 Å². The van der Waals surface area contributed by atoms with E-state index in [2.05, 4.69) is 5.32 Å². The van der Waals surface area contributed by atoms with Crippen LogP contribution in [-0.2, 0) is 4.79 Å². The summed E-state index contributed by atoms with van der Waals surface area (Å²) in [6.45, 7) is 4.82. The van der Waals surface area contributed by atoms with E-state index >= 15 is 0 Å². The summed E-state index contributed by atoms with van der Waals surface area (Å²) in [5.41, 5.74) is 1.18. The molecule has 1 amide bonds. The molecular weight excluding hydrogens is 190 g/mol. The lowest BCUT2D eigenvalue weighted by Gasteiger charge is -2.06. The van der Waals surface area contributed by atoms with E-state index in [1.54, 1.807) is 0 Å². The van der Waals surface area contributed by atoms with Gasteiger partial charge in [-0.2, -0.15) is 0 Å². The van der Waals surface area contributed by atoms with Crippen LogP contribution >= 0.6 is 0 Å². The molecule has 82 valence electrons. The van der Waals surface area contributed by atoms with E-state index in [1.807, 2.05) is 38.1 Å². The molecule has 0 heterocycles. The van der Waals surface area contributed by atoms with Crippen molar-refractivity contribution in [2.24, 2.45) is 0 Å². The molecule has 0 fully saturated rings. The molecule has 0 saturated heterocycles. The van der Waals surface area contributed by atoms with Gasteiger partial charge in [0.25, 0.3) is 5.91 Å². The van der Waals surface area contributed by atoms with Crippen LogP contribution in [0, 0.1) is 6.92 Å². The number of hydrogen-bond acceptors (Lipinski definition) is 2. The second-order valence-corrected chi connectivity index (χ2v) is 3.45. The Bertz CT molecular complexity index is 306. The quantitative estimate of drug-likeness (QED) is 0.800. The van der Waals surface area contributed by atoms with Crippen molar-refractivity contribution >= 4 is 5.91 Å². The van der Waals surface area contributed by atoms with E-state index in [-0.39, 0.29) is 12.5 Å². The van der Waals surface area contributed by atoms with Crippen LogP contribution in [0.5, 0.6) is 5.75 Å². The number of amides is 1. The zero-order valence-electron chi connectivity index (χ0n) is 9.25. The van der Waals surface area contributed by atoms with E-state index in [0.29, 0.717) is 6.54 Å². The lowest BCUT2D eigenvalue weighted by molar-refractivity contribution is -0.123. The summed E-state index contributed by atoms with van der Waals surface area (Å²) in [5.74, 6) is 0.657. The Hall–Kier alpha value is -1.51. The van der Waals surface area contributed by atoms with Gasteiger partial charge in [-0.1, -0.05) is 24.6 Å². The molecule has 3 heteroatoms. The van der Waals surface area contributed by atoms with Gasteiger partial charge in [0.2, 0.25) is 0 Å². The van der Waals surface area contributed by atoms with Crippen LogP contribution in [0.4, 0.5) is 0 Å². The van der Waals surface area contributed by atoms with Crippen molar-refractivity contribution in [1.29, 1.82) is 0 Å². The van der Waals surface area contributed by atoms with Gasteiger partial charge in [-0.3, -0.25) is 4.79 Å². The van der Waals surface area contributed by atoms with Crippen LogP contribution in [-0.4, -0.2) is 19.1 Å². The van der Waals surface area contributed by atoms with Gasteiger partial charge in [-0.25, -0.2) is 0 Å². The Labute approximate surface area is 90.4 Å². The highest BCUT2D eigenvalue weighted by atomic mass is 16.5. The minimum atomic E-state index is -0.0718. The zero-order valence-corrected chi connectivity index (χ0v) is 9.25. The van der Waals surface area contributed by atoms with Crippen LogP contribution in [0.3, 0.4) is 0 Å². The van der Waals surface area contributed by atoms with Crippen LogP contribution in [0.15, 0.2) is 24.3 Å². The highest BCUT2D eigenvalue weighted by molar-refractivity contribution is 5.77. The van der Waals surface area contributed by atoms with Crippen LogP contribution < -0.4 is 10.1 Å². The zero-order chi connectivity index (χ0) is 11.1. The van der Waals surface area contributed by atoms with E-state index < -0.39 is 0 Å². The van der Waals surface area contributed by atoms with E-state index in [1.165, 1.54) is 5.56 Å². The molecule has 0 aliphatic rings. The fourth-order valence-corrected chi connectivity index (χ4v) is 1.10. The standard InChI is InChI=1S/C12H17NO2/c1-3-8-13-12(14)9-15-11-6-4-10(2)5-7-11/h4-7H,3,8-9H2,1-2H3,(H,13,14). The van der Waals surface area contributed by atoms with E-state index in [4.69, 9.17) is 4.74 Å². The fraction of sp³-hybridized carbons (Fsp3) is 0.417. The van der Waals surface area contributed by atoms with E-state index in [9.17, 15) is 4.79 Å². The van der Waals surface area contributed by atoms with Gasteiger partial charge in [-0.05, 0) is 25.5 Å². The smallest absolute Gasteiger partial charge is 0.257 e. The highest BCUT2D eigenvalue weighted by Crippen LogP contribution is 2.10. The highest BCUT2D eigenvalue weighted by Gasteiger charge is 2.00. The molecule has 0 bridgehead atoms. The topological polar surface area (TPSA) is 38.3 Å². The molecule has 1 aromatic carbocycles. The number of benzene rings is 1. The van der Waals surface area contributed by atoms with Gasteiger partial charge in [0.05, 0.1) is 0 Å². The van der Waals surface area contributed by atoms with Crippen molar-refractivity contribution in [3.05, 3.63) is 29.8 Å². The molecule has 0 aromatic heterocycles. The number of carbonyl (C=O) groups excluding carboxylic acids is 1. The summed E-state index contributed by atoms with van der Waals surface area (Å²) >= 11 is 0. The first kappa shape index (κ1) is 11.6. The molecule has 0 spiro atoms. The van der Waals surface area contributed by atoms with Crippen molar-refractivity contribution in [1.82, 2.24) is 5.32 Å². The summed E-state index contributed by atoms with van der Waals surface area (Å²) in [5, 5.41) is 2.75. The largest absolute Gasteiger partial charge is 0.484 e. The molecule has 15 heavy (non-hydrogen) atoms. The first-order chi connectivity index (χ1) is 7.22. The fourth-order valence-electron chi connectivity index (χ4n) is 1.10. The molecule has 0 saturated carbocycles. The third-order valence-corrected chi connectivity index (χ3v) is 1.96. The maximum Gasteiger partial charge on any atom is 0.257 e. The third kappa shape index (κ3) is 4.49. The summed E-state index contributed by atoms with van der Waals surface area (Å²) < 4.78 is 5.31. The number of aryl methyl sites for hydroxylation is 1. The van der Waals surface area contributed by atoms with Gasteiger partial charge in [0, 0.05) is 6.54 Å². The number of carbonyl (C=O) groups is 1. The minimum absolute atomic E-state index is 0.0718. The number of rotatable bonds is 5. The average molecular weight is 207 g/mol. The minimum Gasteiger partial charge on any atom is -0.484 e. The van der Waals surface area contributed by atoms with Gasteiger partial charge >= 0.3 is 0 Å². The Morgan fingerprint density at radius 3 is 2.60 bits per heavy atom. The first-order valence-corrected chi connectivity index (χ1v) is 5.18. The van der Waals surface area contributed by atoms with Crippen molar-refractivity contribution in [2.75, 3.05) is 13.2 Å². The Balaban J connectivity index is 2.30. The third-order valence-electron chi connectivity index (χ3n) is 1.96. The first-order valence-electron chi connectivity index (χ1n) is 5.18. The van der Waals surface area contributed by atoms with Gasteiger partial charge in [-0.15, -0.1) is 0 Å². The lowest BCUT2D eigenvalue weighted by atomic mass is 10.2. The van der Waals surface area contributed by atoms with Crippen molar-refractivity contribution in [3.8, 4) is 5.75 Å². The van der Waals surface area contributed by atoms with E-state index in [0.717, 1.165) is 12.2 Å². The molecule has 1 N–H and O–H groups in total. The molecule has 0 aliphatic heterocycles. The SMILES string of the molecule is CCCNC(=O)COc1ccc(C)cc1. The Morgan fingerprint density at radius 1 is 1.33 bits per heavy atom. The molecule has 0 unspecified atom stereocenters. The molecule has 1 rings (SSSR count). The van der Waals surface area contributed by atoms with Gasteiger partial charge < -0.3 is 10.1 Å². The molecule has 1 aromatic rings. The summed E-state index contributed by atoms with van der Waals surface area (Å²) in [7, 11) is 0. The number of ether oxygens (including phenoxy) is 1. The summed E-state index contributed by atoms with van der Waals surface area (Å²) in [4.78, 5) is 11.2. The number of nitrogens with one attached hydrogen (secondary N) is 1. The summed E-state index contributed by atoms with van der Waals surface area (Å²) in [6.07, 6.45) is 0.941. The van der Waals surface area contributed by atoms with Gasteiger partial charge in [0.1, 0.15) is 5.75 Å².